The summed E-state index contributed by atoms with van der Waals surface area (Å²) in [4.78, 5) is 24.9. The van der Waals surface area contributed by atoms with Gasteiger partial charge in [-0.05, 0) is 38.7 Å². The molecule has 0 aromatic heterocycles. The van der Waals surface area contributed by atoms with Crippen LogP contribution in [0, 0.1) is 28.6 Å². The van der Waals surface area contributed by atoms with Crippen LogP contribution in [-0.2, 0) is 19.1 Å². The van der Waals surface area contributed by atoms with E-state index in [2.05, 4.69) is 0 Å². The second-order valence-electron chi connectivity index (χ2n) is 10.1. The zero-order chi connectivity index (χ0) is 21.1. The molecule has 4 bridgehead atoms. The molecule has 0 aromatic carbocycles. The van der Waals surface area contributed by atoms with Crippen LogP contribution < -0.4 is 0 Å². The van der Waals surface area contributed by atoms with Crippen molar-refractivity contribution in [3.05, 3.63) is 11.6 Å². The maximum Gasteiger partial charge on any atom is 0.335 e. The van der Waals surface area contributed by atoms with Crippen molar-refractivity contribution in [2.45, 2.75) is 69.7 Å². The molecule has 5 rings (SSSR count). The van der Waals surface area contributed by atoms with Crippen LogP contribution >= 0.6 is 0 Å². The van der Waals surface area contributed by atoms with Crippen molar-refractivity contribution in [3.8, 4) is 0 Å². The molecule has 8 nitrogen and oxygen atoms in total. The lowest BCUT2D eigenvalue weighted by Gasteiger charge is -2.66. The highest BCUT2D eigenvalue weighted by Gasteiger charge is 2.79. The van der Waals surface area contributed by atoms with Crippen molar-refractivity contribution >= 4 is 11.8 Å². The predicted molar refractivity (Wildman–Crippen MR) is 97.3 cm³/mol. The third-order valence-corrected chi connectivity index (χ3v) is 9.02. The molecule has 4 fully saturated rings. The Hall–Kier alpha value is -1.32. The van der Waals surface area contributed by atoms with Crippen molar-refractivity contribution < 1.29 is 39.5 Å². The Balaban J connectivity index is 1.75. The van der Waals surface area contributed by atoms with Crippen LogP contribution in [0.5, 0.6) is 0 Å². The van der Waals surface area contributed by atoms with Gasteiger partial charge in [-0.3, -0.25) is 4.79 Å². The number of rotatable bonds is 0. The van der Waals surface area contributed by atoms with E-state index in [1.54, 1.807) is 20.8 Å². The number of aliphatic hydroxyl groups excluding tert-OH is 4. The molecule has 0 amide bonds. The topological polar surface area (TPSA) is 134 Å². The molecular weight excluding hydrogens is 380 g/mol. The van der Waals surface area contributed by atoms with Gasteiger partial charge in [0.15, 0.2) is 18.0 Å². The van der Waals surface area contributed by atoms with Gasteiger partial charge in [0, 0.05) is 22.7 Å². The summed E-state index contributed by atoms with van der Waals surface area (Å²) in [5, 5.41) is 44.3. The molecule has 3 aliphatic carbocycles. The van der Waals surface area contributed by atoms with Gasteiger partial charge in [-0.15, -0.1) is 0 Å². The van der Waals surface area contributed by atoms with Gasteiger partial charge in [0.1, 0.15) is 11.7 Å². The number of carbonyl (C=O) groups is 2. The number of hydrogen-bond donors (Lipinski definition) is 4. The third kappa shape index (κ3) is 2.02. The molecule has 5 aliphatic rings. The molecule has 11 atom stereocenters. The van der Waals surface area contributed by atoms with Gasteiger partial charge in [0.25, 0.3) is 0 Å². The summed E-state index contributed by atoms with van der Waals surface area (Å²) in [7, 11) is 0. The van der Waals surface area contributed by atoms with E-state index in [0.717, 1.165) is 5.57 Å². The molecule has 0 aromatic rings. The van der Waals surface area contributed by atoms with E-state index in [4.69, 9.17) is 9.47 Å². The van der Waals surface area contributed by atoms with Crippen LogP contribution in [0.2, 0.25) is 0 Å². The van der Waals surface area contributed by atoms with E-state index >= 15 is 0 Å². The highest BCUT2D eigenvalue weighted by molar-refractivity contribution is 5.96. The minimum Gasteiger partial charge on any atom is -0.455 e. The third-order valence-electron chi connectivity index (χ3n) is 9.02. The molecule has 2 saturated carbocycles. The van der Waals surface area contributed by atoms with E-state index in [1.807, 2.05) is 0 Å². The van der Waals surface area contributed by atoms with Crippen molar-refractivity contribution in [1.82, 2.24) is 0 Å². The Bertz CT molecular complexity index is 823. The first-order valence-corrected chi connectivity index (χ1v) is 10.3. The van der Waals surface area contributed by atoms with Crippen LogP contribution in [0.4, 0.5) is 0 Å². The molecule has 1 spiro atoms. The number of aliphatic hydroxyl groups is 4. The Morgan fingerprint density at radius 1 is 1.10 bits per heavy atom. The molecule has 2 saturated heterocycles. The lowest BCUT2D eigenvalue weighted by Crippen LogP contribution is -2.74. The Kier molecular flexibility index (Phi) is 3.84. The van der Waals surface area contributed by atoms with Crippen molar-refractivity contribution in [1.29, 1.82) is 0 Å². The minimum atomic E-state index is -1.38. The fourth-order valence-corrected chi connectivity index (χ4v) is 7.74. The Morgan fingerprint density at radius 3 is 2.48 bits per heavy atom. The smallest absolute Gasteiger partial charge is 0.335 e. The summed E-state index contributed by atoms with van der Waals surface area (Å²) >= 11 is 0. The van der Waals surface area contributed by atoms with Crippen LogP contribution in [0.15, 0.2) is 11.6 Å². The van der Waals surface area contributed by atoms with Gasteiger partial charge >= 0.3 is 5.97 Å². The normalized spacial score (nSPS) is 58.7. The highest BCUT2D eigenvalue weighted by Crippen LogP contribution is 2.71. The molecule has 4 N–H and O–H groups in total. The second kappa shape index (κ2) is 5.68. The molecule has 2 heterocycles. The maximum atomic E-state index is 12.6. The molecule has 8 heteroatoms. The van der Waals surface area contributed by atoms with Crippen LogP contribution in [0.3, 0.4) is 0 Å². The maximum absolute atomic E-state index is 12.6. The number of ketones is 1. The lowest BCUT2D eigenvalue weighted by molar-refractivity contribution is -0.262. The summed E-state index contributed by atoms with van der Waals surface area (Å²) in [6.45, 7) is 5.43. The molecule has 29 heavy (non-hydrogen) atoms. The van der Waals surface area contributed by atoms with Gasteiger partial charge in [-0.25, -0.2) is 4.79 Å². The quantitative estimate of drug-likeness (QED) is 0.388. The number of allylic oxidation sites excluding steroid dienone is 1. The van der Waals surface area contributed by atoms with E-state index in [1.165, 1.54) is 6.08 Å². The van der Waals surface area contributed by atoms with Crippen LogP contribution in [0.1, 0.15) is 33.6 Å². The van der Waals surface area contributed by atoms with Crippen molar-refractivity contribution in [2.24, 2.45) is 28.6 Å². The summed E-state index contributed by atoms with van der Waals surface area (Å²) in [6, 6.07) is 0. The fraction of sp³-hybridized carbons (Fsp3) is 0.810. The lowest BCUT2D eigenvalue weighted by atomic mass is 9.38. The first-order valence-electron chi connectivity index (χ1n) is 10.3. The fourth-order valence-electron chi connectivity index (χ4n) is 7.74. The van der Waals surface area contributed by atoms with Gasteiger partial charge < -0.3 is 29.9 Å². The molecule has 11 unspecified atom stereocenters. The molecule has 2 aliphatic heterocycles. The van der Waals surface area contributed by atoms with Gasteiger partial charge in [0.05, 0.1) is 18.8 Å². The zero-order valence-electron chi connectivity index (χ0n) is 16.7. The SMILES string of the molecule is CC1=CC(=O)C(O)C2(C)C1CC(O)C13COC4(C)C(OC(=O)C(O)CC41)C(O)C23. The summed E-state index contributed by atoms with van der Waals surface area (Å²) in [5.74, 6) is -2.80. The van der Waals surface area contributed by atoms with E-state index < -0.39 is 70.5 Å². The minimum absolute atomic E-state index is 0.0335. The molecule has 160 valence electrons. The van der Waals surface area contributed by atoms with Crippen LogP contribution in [0.25, 0.3) is 0 Å². The average molecular weight is 408 g/mol. The van der Waals surface area contributed by atoms with E-state index in [9.17, 15) is 30.0 Å². The summed E-state index contributed by atoms with van der Waals surface area (Å²) in [6.07, 6.45) is -4.19. The van der Waals surface area contributed by atoms with Crippen LogP contribution in [-0.4, -0.2) is 74.9 Å². The second-order valence-corrected chi connectivity index (χ2v) is 10.1. The van der Waals surface area contributed by atoms with Crippen molar-refractivity contribution in [2.75, 3.05) is 6.61 Å². The van der Waals surface area contributed by atoms with E-state index in [0.29, 0.717) is 6.42 Å². The van der Waals surface area contributed by atoms with E-state index in [-0.39, 0.29) is 18.9 Å². The van der Waals surface area contributed by atoms with Gasteiger partial charge in [0.2, 0.25) is 0 Å². The summed E-state index contributed by atoms with van der Waals surface area (Å²) in [5.41, 5.74) is -2.39. The Morgan fingerprint density at radius 2 is 1.79 bits per heavy atom. The number of carbonyl (C=O) groups excluding carboxylic acids is 2. The molecular formula is C21H28O8. The Labute approximate surface area is 168 Å². The number of esters is 1. The zero-order valence-corrected chi connectivity index (χ0v) is 16.7. The number of fused-ring (bicyclic) bond motifs is 2. The monoisotopic (exact) mass is 408 g/mol. The predicted octanol–water partition coefficient (Wildman–Crippen LogP) is -0.678. The first-order chi connectivity index (χ1) is 13.5. The number of hydrogen-bond acceptors (Lipinski definition) is 8. The van der Waals surface area contributed by atoms with Crippen molar-refractivity contribution in [3.63, 3.8) is 0 Å². The largest absolute Gasteiger partial charge is 0.455 e. The van der Waals surface area contributed by atoms with Gasteiger partial charge in [-0.2, -0.15) is 0 Å². The average Bonchev–Trinajstić information content (AvgIpc) is 2.84. The first kappa shape index (κ1) is 19.6. The number of ether oxygens (including phenoxy) is 2. The molecule has 0 radical (unpaired) electrons. The summed E-state index contributed by atoms with van der Waals surface area (Å²) < 4.78 is 11.6. The van der Waals surface area contributed by atoms with Gasteiger partial charge in [-0.1, -0.05) is 12.5 Å². The highest BCUT2D eigenvalue weighted by atomic mass is 16.6. The standard InChI is InChI=1S/C21H28O8/c1-8-4-10(22)16(26)19(2)9(8)5-13(24)21-7-28-20(3)12(21)6-11(23)18(27)29-17(20)14(25)15(19)21/h4,9,11-17,23-26H,5-7H2,1-3H3.